The number of nitrogens with one attached hydrogen (secondary N) is 1. The summed E-state index contributed by atoms with van der Waals surface area (Å²) in [5.74, 6) is -1.59. The van der Waals surface area contributed by atoms with E-state index in [1.54, 1.807) is 30.5 Å². The molecule has 0 spiro atoms. The van der Waals surface area contributed by atoms with Gasteiger partial charge in [-0.25, -0.2) is 23.8 Å². The molecule has 3 aliphatic rings. The Balaban J connectivity index is 1.11. The van der Waals surface area contributed by atoms with E-state index in [-0.39, 0.29) is 28.2 Å². The number of piperazine rings is 1. The molecule has 7 rings (SSSR count). The van der Waals surface area contributed by atoms with Crippen molar-refractivity contribution in [3.05, 3.63) is 122 Å². The van der Waals surface area contributed by atoms with Crippen molar-refractivity contribution in [2.75, 3.05) is 39.8 Å². The molecule has 0 saturated carbocycles. The van der Waals surface area contributed by atoms with Gasteiger partial charge in [0.2, 0.25) is 0 Å². The predicted molar refractivity (Wildman–Crippen MR) is 196 cm³/mol. The van der Waals surface area contributed by atoms with Crippen molar-refractivity contribution < 1.29 is 28.6 Å². The van der Waals surface area contributed by atoms with Crippen LogP contribution < -0.4 is 5.32 Å². The smallest absolute Gasteiger partial charge is 0.338 e. The van der Waals surface area contributed by atoms with Crippen molar-refractivity contribution in [3.63, 3.8) is 0 Å². The van der Waals surface area contributed by atoms with Crippen molar-refractivity contribution in [1.29, 1.82) is 0 Å². The molecule has 11 nitrogen and oxygen atoms in total. The number of carbonyl (C=O) groups excluding carboxylic acids is 2. The standard InChI is InChI=1S/C38H36ClFN6O5S/c1-38(2,25-10-8-23(9-11-25)22-4-6-24(7-5-22)35(47)48)46-20-27-19-44(15-16-45(27)37(46)50)21-30-31(36(49)51-3)32(28-13-12-26(40)18-29(28)39)43-33(42-30)34-41-14-17-52-34/h4-14,17-18,27,32H,15-16,19-21H2,1-3H3,(H,42,43)(H,47,48)/t27-,32-/m0/s1. The lowest BCUT2D eigenvalue weighted by Crippen LogP contribution is -2.53. The Bertz CT molecular complexity index is 2090. The van der Waals surface area contributed by atoms with Crippen LogP contribution in [0, 0.1) is 5.82 Å². The Morgan fingerprint density at radius 1 is 1.06 bits per heavy atom. The zero-order valence-corrected chi connectivity index (χ0v) is 30.2. The summed E-state index contributed by atoms with van der Waals surface area (Å²) in [5.41, 5.74) is 3.74. The number of hydrogen-bond acceptors (Lipinski definition) is 9. The monoisotopic (exact) mass is 742 g/mol. The van der Waals surface area contributed by atoms with Crippen LogP contribution in [0.3, 0.4) is 0 Å². The van der Waals surface area contributed by atoms with Crippen LogP contribution in [0.2, 0.25) is 5.02 Å². The third-order valence-corrected chi connectivity index (χ3v) is 11.1. The number of carbonyl (C=O) groups is 3. The van der Waals surface area contributed by atoms with E-state index in [4.69, 9.17) is 21.3 Å². The van der Waals surface area contributed by atoms with Gasteiger partial charge in [-0.3, -0.25) is 9.89 Å². The molecular formula is C38H36ClFN6O5S. The van der Waals surface area contributed by atoms with Gasteiger partial charge < -0.3 is 25.0 Å². The van der Waals surface area contributed by atoms with Crippen LogP contribution in [0.4, 0.5) is 9.18 Å². The van der Waals surface area contributed by atoms with Gasteiger partial charge in [-0.05, 0) is 54.8 Å². The predicted octanol–water partition coefficient (Wildman–Crippen LogP) is 6.18. The quantitative estimate of drug-likeness (QED) is 0.195. The molecule has 2 amide bonds. The van der Waals surface area contributed by atoms with Crippen LogP contribution in [0.25, 0.3) is 11.1 Å². The summed E-state index contributed by atoms with van der Waals surface area (Å²) in [7, 11) is 1.31. The average molecular weight is 743 g/mol. The van der Waals surface area contributed by atoms with Crippen molar-refractivity contribution in [3.8, 4) is 11.1 Å². The zero-order valence-electron chi connectivity index (χ0n) is 28.7. The number of carboxylic acids is 1. The lowest BCUT2D eigenvalue weighted by atomic mass is 9.90. The highest BCUT2D eigenvalue weighted by atomic mass is 35.5. The molecule has 2 fully saturated rings. The molecule has 3 aliphatic heterocycles. The number of aromatic carboxylic acids is 1. The highest BCUT2D eigenvalue weighted by Gasteiger charge is 2.47. The first-order valence-corrected chi connectivity index (χ1v) is 18.0. The fourth-order valence-electron chi connectivity index (χ4n) is 7.11. The van der Waals surface area contributed by atoms with Crippen LogP contribution in [-0.4, -0.2) is 94.5 Å². The average Bonchev–Trinajstić information content (AvgIpc) is 3.80. The Morgan fingerprint density at radius 2 is 1.77 bits per heavy atom. The normalized spacial score (nSPS) is 19.3. The number of esters is 1. The maximum atomic E-state index is 14.1. The van der Waals surface area contributed by atoms with E-state index in [1.807, 2.05) is 53.3 Å². The Hall–Kier alpha value is -5.11. The molecule has 2 saturated heterocycles. The largest absolute Gasteiger partial charge is 0.478 e. The molecular weight excluding hydrogens is 707 g/mol. The maximum absolute atomic E-state index is 14.1. The molecule has 268 valence electrons. The number of halogens is 2. The number of amidine groups is 1. The molecule has 4 aromatic rings. The van der Waals surface area contributed by atoms with Gasteiger partial charge in [0.25, 0.3) is 0 Å². The molecule has 52 heavy (non-hydrogen) atoms. The Labute approximate surface area is 309 Å². The SMILES string of the molecule is COC(=O)C1=C(CN2CCN3C(=O)N(C(C)(C)c4ccc(-c5ccc(C(=O)O)cc5)cc4)C[C@@H]3C2)NC(c2nccs2)=N[C@H]1c1ccc(F)cc1Cl. The zero-order chi connectivity index (χ0) is 36.7. The first-order valence-electron chi connectivity index (χ1n) is 16.7. The van der Waals surface area contributed by atoms with Gasteiger partial charge in [-0.1, -0.05) is 54.1 Å². The number of benzene rings is 3. The van der Waals surface area contributed by atoms with Crippen LogP contribution in [0.5, 0.6) is 0 Å². The van der Waals surface area contributed by atoms with E-state index < -0.39 is 29.3 Å². The van der Waals surface area contributed by atoms with Gasteiger partial charge in [-0.2, -0.15) is 0 Å². The summed E-state index contributed by atoms with van der Waals surface area (Å²) in [5, 5.41) is 15.2. The number of ether oxygens (including phenoxy) is 1. The molecule has 3 aromatic carbocycles. The minimum absolute atomic E-state index is 0.0301. The molecule has 14 heteroatoms. The number of methoxy groups -OCH3 is 1. The van der Waals surface area contributed by atoms with Crippen LogP contribution in [0.1, 0.15) is 46.4 Å². The lowest BCUT2D eigenvalue weighted by molar-refractivity contribution is -0.136. The maximum Gasteiger partial charge on any atom is 0.338 e. The molecule has 4 heterocycles. The Morgan fingerprint density at radius 3 is 2.40 bits per heavy atom. The summed E-state index contributed by atoms with van der Waals surface area (Å²) >= 11 is 7.91. The van der Waals surface area contributed by atoms with E-state index in [9.17, 15) is 23.9 Å². The van der Waals surface area contributed by atoms with E-state index in [2.05, 4.69) is 15.2 Å². The minimum atomic E-state index is -0.969. The second-order valence-corrected chi connectivity index (χ2v) is 14.7. The second kappa shape index (κ2) is 14.1. The van der Waals surface area contributed by atoms with Crippen LogP contribution >= 0.6 is 22.9 Å². The van der Waals surface area contributed by atoms with E-state index in [1.165, 1.54) is 36.6 Å². The highest BCUT2D eigenvalue weighted by Crippen LogP contribution is 2.38. The van der Waals surface area contributed by atoms with Crippen LogP contribution in [-0.2, 0) is 15.1 Å². The number of carboxylic acid groups (broad SMARTS) is 1. The molecule has 2 atom stereocenters. The summed E-state index contributed by atoms with van der Waals surface area (Å²) in [6.07, 6.45) is 1.67. The Kier molecular flexibility index (Phi) is 9.59. The molecule has 1 aromatic heterocycles. The molecule has 0 aliphatic carbocycles. The number of urea groups is 1. The topological polar surface area (TPSA) is 128 Å². The van der Waals surface area contributed by atoms with Crippen molar-refractivity contribution in [1.82, 2.24) is 25.0 Å². The van der Waals surface area contributed by atoms with Gasteiger partial charge >= 0.3 is 18.0 Å². The van der Waals surface area contributed by atoms with E-state index >= 15 is 0 Å². The van der Waals surface area contributed by atoms with Gasteiger partial charge in [0.15, 0.2) is 10.8 Å². The highest BCUT2D eigenvalue weighted by molar-refractivity contribution is 7.11. The molecule has 0 radical (unpaired) electrons. The number of thiazole rings is 1. The van der Waals surface area contributed by atoms with Crippen molar-refractivity contribution in [2.24, 2.45) is 4.99 Å². The number of amides is 2. The van der Waals surface area contributed by atoms with Crippen molar-refractivity contribution in [2.45, 2.75) is 31.5 Å². The number of hydrogen-bond donors (Lipinski definition) is 2. The van der Waals surface area contributed by atoms with Gasteiger partial charge in [0.05, 0.1) is 29.8 Å². The van der Waals surface area contributed by atoms with Gasteiger partial charge in [0, 0.05) is 60.6 Å². The number of aliphatic imine (C=N–C) groups is 1. The van der Waals surface area contributed by atoms with E-state index in [0.717, 1.165) is 16.7 Å². The summed E-state index contributed by atoms with van der Waals surface area (Å²) < 4.78 is 19.3. The van der Waals surface area contributed by atoms with E-state index in [0.29, 0.717) is 54.8 Å². The lowest BCUT2D eigenvalue weighted by Gasteiger charge is -2.38. The number of nitrogens with zero attached hydrogens (tertiary/aromatic N) is 5. The fourth-order valence-corrected chi connectivity index (χ4v) is 7.96. The summed E-state index contributed by atoms with van der Waals surface area (Å²) in [6, 6.07) is 17.8. The van der Waals surface area contributed by atoms with Gasteiger partial charge in [-0.15, -0.1) is 11.3 Å². The molecule has 2 N–H and O–H groups in total. The molecule has 0 unspecified atom stereocenters. The second-order valence-electron chi connectivity index (χ2n) is 13.4. The molecule has 0 bridgehead atoms. The fraction of sp³-hybridized carbons (Fsp3) is 0.289. The minimum Gasteiger partial charge on any atom is -0.478 e. The van der Waals surface area contributed by atoms with Gasteiger partial charge in [0.1, 0.15) is 11.9 Å². The number of rotatable bonds is 9. The number of aromatic nitrogens is 1. The third-order valence-electron chi connectivity index (χ3n) is 9.97. The number of fused-ring (bicyclic) bond motifs is 1. The van der Waals surface area contributed by atoms with Crippen molar-refractivity contribution >= 4 is 46.7 Å². The summed E-state index contributed by atoms with van der Waals surface area (Å²) in [4.78, 5) is 53.8. The van der Waals surface area contributed by atoms with Crippen LogP contribution in [0.15, 0.2) is 94.6 Å². The first kappa shape index (κ1) is 35.3. The first-order chi connectivity index (χ1) is 24.9. The summed E-state index contributed by atoms with van der Waals surface area (Å²) in [6.45, 7) is 6.56. The third kappa shape index (κ3) is 6.67.